The molecular formula is C26H28F7N5O. The van der Waals surface area contributed by atoms with Gasteiger partial charge in [-0.15, -0.1) is 5.10 Å². The van der Waals surface area contributed by atoms with E-state index in [1.165, 1.54) is 12.1 Å². The van der Waals surface area contributed by atoms with Gasteiger partial charge >= 0.3 is 12.4 Å². The predicted octanol–water partition coefficient (Wildman–Crippen LogP) is 5.67. The molecule has 0 amide bonds. The third-order valence-electron chi connectivity index (χ3n) is 7.02. The van der Waals surface area contributed by atoms with Crippen molar-refractivity contribution < 1.29 is 35.5 Å². The molecule has 1 N–H and O–H groups in total. The number of nitrogens with one attached hydrogen (secondary N) is 1. The Morgan fingerprint density at radius 2 is 1.62 bits per heavy atom. The van der Waals surface area contributed by atoms with E-state index in [1.807, 2.05) is 7.05 Å². The first-order chi connectivity index (χ1) is 18.4. The van der Waals surface area contributed by atoms with Crippen molar-refractivity contribution in [3.8, 4) is 0 Å². The molecule has 1 aromatic heterocycles. The summed E-state index contributed by atoms with van der Waals surface area (Å²) >= 11 is 0. The van der Waals surface area contributed by atoms with Gasteiger partial charge in [-0.1, -0.05) is 12.1 Å². The molecule has 1 saturated carbocycles. The molecule has 0 bridgehead atoms. The van der Waals surface area contributed by atoms with Gasteiger partial charge in [-0.3, -0.25) is 0 Å². The summed E-state index contributed by atoms with van der Waals surface area (Å²) in [7, 11) is 1.96. The number of likely N-dealkylation sites (N-methyl/N-ethyl adjacent to an activating group) is 1. The van der Waals surface area contributed by atoms with Gasteiger partial charge in [-0.2, -0.15) is 26.3 Å². The molecular weight excluding hydrogens is 531 g/mol. The molecule has 1 aliphatic rings. The minimum atomic E-state index is -4.90. The van der Waals surface area contributed by atoms with Crippen LogP contribution in [0.4, 0.5) is 30.7 Å². The largest absolute Gasteiger partial charge is 0.416 e. The van der Waals surface area contributed by atoms with Gasteiger partial charge in [0.25, 0.3) is 0 Å². The Labute approximate surface area is 220 Å². The van der Waals surface area contributed by atoms with Gasteiger partial charge in [0.15, 0.2) is 0 Å². The summed E-state index contributed by atoms with van der Waals surface area (Å²) in [5, 5.41) is 13.7. The van der Waals surface area contributed by atoms with Gasteiger partial charge in [0, 0.05) is 25.4 Å². The fourth-order valence-corrected chi connectivity index (χ4v) is 5.17. The number of nitrogens with zero attached hydrogens (tertiary/aromatic N) is 4. The molecule has 0 radical (unpaired) electrons. The molecule has 6 nitrogen and oxygen atoms in total. The number of hydrogen-bond donors (Lipinski definition) is 1. The van der Waals surface area contributed by atoms with Crippen molar-refractivity contribution in [1.82, 2.24) is 25.5 Å². The monoisotopic (exact) mass is 559 g/mol. The first-order valence-corrected chi connectivity index (χ1v) is 12.5. The number of hydrogen-bond acceptors (Lipinski definition) is 5. The standard InChI is InChI=1S/C26H28F7N5O/c1-38(10-8-23-34-36-37-35-23)15-18-4-7-22(24(18)17-2-5-21(27)6-3-17)39-11-9-16-12-19(25(28,29)30)14-20(13-16)26(31,32)33/h2-3,5-6,12-14,18,22,24H,4,7-11,15H2,1H3,(H,34,35,36,37). The van der Waals surface area contributed by atoms with E-state index < -0.39 is 23.5 Å². The van der Waals surface area contributed by atoms with Crippen molar-refractivity contribution in [1.29, 1.82) is 0 Å². The Kier molecular flexibility index (Phi) is 8.90. The van der Waals surface area contributed by atoms with Crippen LogP contribution in [0.25, 0.3) is 0 Å². The van der Waals surface area contributed by atoms with E-state index in [2.05, 4.69) is 25.5 Å². The Morgan fingerprint density at radius 3 is 2.21 bits per heavy atom. The second kappa shape index (κ2) is 12.0. The molecule has 3 unspecified atom stereocenters. The second-order valence-corrected chi connectivity index (χ2v) is 9.85. The second-order valence-electron chi connectivity index (χ2n) is 9.85. The van der Waals surface area contributed by atoms with Crippen LogP contribution in [0.5, 0.6) is 0 Å². The molecule has 2 aromatic carbocycles. The van der Waals surface area contributed by atoms with Crippen LogP contribution in [-0.2, 0) is 29.9 Å². The summed E-state index contributed by atoms with van der Waals surface area (Å²) < 4.78 is 99.0. The normalized spacial score (nSPS) is 20.2. The minimum absolute atomic E-state index is 0.0535. The number of halogens is 7. The highest BCUT2D eigenvalue weighted by Crippen LogP contribution is 2.42. The van der Waals surface area contributed by atoms with Crippen molar-refractivity contribution in [2.75, 3.05) is 26.7 Å². The third-order valence-corrected chi connectivity index (χ3v) is 7.02. The van der Waals surface area contributed by atoms with Gasteiger partial charge in [-0.25, -0.2) is 9.49 Å². The molecule has 212 valence electrons. The quantitative estimate of drug-likeness (QED) is 0.324. The van der Waals surface area contributed by atoms with E-state index >= 15 is 0 Å². The number of tetrazole rings is 1. The van der Waals surface area contributed by atoms with Crippen LogP contribution in [0.15, 0.2) is 42.5 Å². The van der Waals surface area contributed by atoms with Gasteiger partial charge in [-0.05, 0) is 84.1 Å². The van der Waals surface area contributed by atoms with Gasteiger partial charge in [0.05, 0.1) is 23.8 Å². The zero-order valence-corrected chi connectivity index (χ0v) is 21.1. The molecule has 1 fully saturated rings. The topological polar surface area (TPSA) is 66.9 Å². The van der Waals surface area contributed by atoms with Crippen LogP contribution in [-0.4, -0.2) is 58.4 Å². The van der Waals surface area contributed by atoms with Crippen LogP contribution in [0, 0.1) is 11.7 Å². The number of rotatable bonds is 10. The summed E-state index contributed by atoms with van der Waals surface area (Å²) in [6, 6.07) is 7.69. The smallest absolute Gasteiger partial charge is 0.377 e. The van der Waals surface area contributed by atoms with E-state index in [9.17, 15) is 30.7 Å². The summed E-state index contributed by atoms with van der Waals surface area (Å²) in [6.07, 6.45) is -8.17. The fourth-order valence-electron chi connectivity index (χ4n) is 5.17. The first kappa shape index (κ1) is 28.9. The fraction of sp³-hybridized carbons (Fsp3) is 0.500. The van der Waals surface area contributed by atoms with E-state index in [0.717, 1.165) is 24.1 Å². The van der Waals surface area contributed by atoms with Crippen LogP contribution in [0.2, 0.25) is 0 Å². The van der Waals surface area contributed by atoms with Crippen molar-refractivity contribution in [2.45, 2.75) is 50.1 Å². The summed E-state index contributed by atoms with van der Waals surface area (Å²) in [5.74, 6) is 0.303. The molecule has 1 aliphatic carbocycles. The third kappa shape index (κ3) is 7.75. The molecule has 1 heterocycles. The average molecular weight is 560 g/mol. The molecule has 39 heavy (non-hydrogen) atoms. The van der Waals surface area contributed by atoms with Gasteiger partial charge in [0.2, 0.25) is 0 Å². The number of aromatic amines is 1. The van der Waals surface area contributed by atoms with E-state index in [4.69, 9.17) is 4.74 Å². The van der Waals surface area contributed by atoms with Crippen LogP contribution in [0.1, 0.15) is 46.8 Å². The Balaban J connectivity index is 1.44. The van der Waals surface area contributed by atoms with Crippen LogP contribution in [0.3, 0.4) is 0 Å². The maximum absolute atomic E-state index is 13.6. The van der Waals surface area contributed by atoms with Crippen LogP contribution >= 0.6 is 0 Å². The molecule has 13 heteroatoms. The van der Waals surface area contributed by atoms with Crippen molar-refractivity contribution in [3.63, 3.8) is 0 Å². The lowest BCUT2D eigenvalue weighted by Gasteiger charge is -2.29. The number of H-pyrrole nitrogens is 1. The highest BCUT2D eigenvalue weighted by atomic mass is 19.4. The number of alkyl halides is 6. The Bertz CT molecular complexity index is 1170. The number of benzene rings is 2. The van der Waals surface area contributed by atoms with Crippen LogP contribution < -0.4 is 0 Å². The lowest BCUT2D eigenvalue weighted by Crippen LogP contribution is -2.31. The SMILES string of the molecule is CN(CCc1nnn[nH]1)CC1CCC(OCCc2cc(C(F)(F)F)cc(C(F)(F)F)c2)C1c1ccc(F)cc1. The first-order valence-electron chi connectivity index (χ1n) is 12.5. The zero-order valence-electron chi connectivity index (χ0n) is 21.1. The van der Waals surface area contributed by atoms with Gasteiger partial charge in [0.1, 0.15) is 11.6 Å². The summed E-state index contributed by atoms with van der Waals surface area (Å²) in [5.41, 5.74) is -1.93. The predicted molar refractivity (Wildman–Crippen MR) is 127 cm³/mol. The highest BCUT2D eigenvalue weighted by molar-refractivity contribution is 5.34. The number of ether oxygens (including phenoxy) is 1. The molecule has 0 saturated heterocycles. The summed E-state index contributed by atoms with van der Waals surface area (Å²) in [4.78, 5) is 2.13. The Hall–Kier alpha value is -3.06. The van der Waals surface area contributed by atoms with Crippen molar-refractivity contribution in [2.24, 2.45) is 5.92 Å². The molecule has 3 atom stereocenters. The highest BCUT2D eigenvalue weighted by Gasteiger charge is 2.39. The van der Waals surface area contributed by atoms with Crippen molar-refractivity contribution >= 4 is 0 Å². The zero-order chi connectivity index (χ0) is 28.2. The lowest BCUT2D eigenvalue weighted by molar-refractivity contribution is -0.143. The maximum atomic E-state index is 13.6. The lowest BCUT2D eigenvalue weighted by atomic mass is 9.87. The van der Waals surface area contributed by atoms with Gasteiger partial charge < -0.3 is 9.64 Å². The van der Waals surface area contributed by atoms with E-state index in [1.54, 1.807) is 12.1 Å². The molecule has 3 aromatic rings. The molecule has 0 spiro atoms. The summed E-state index contributed by atoms with van der Waals surface area (Å²) in [6.45, 7) is 1.33. The minimum Gasteiger partial charge on any atom is -0.377 e. The average Bonchev–Trinajstić information content (AvgIpc) is 3.52. The Morgan fingerprint density at radius 1 is 0.949 bits per heavy atom. The maximum Gasteiger partial charge on any atom is 0.416 e. The molecule has 4 rings (SSSR count). The molecule has 0 aliphatic heterocycles. The number of aromatic nitrogens is 4. The van der Waals surface area contributed by atoms with E-state index in [0.29, 0.717) is 31.8 Å². The van der Waals surface area contributed by atoms with Crippen molar-refractivity contribution in [3.05, 3.63) is 76.4 Å². The van der Waals surface area contributed by atoms with E-state index in [-0.39, 0.29) is 48.4 Å².